The highest BCUT2D eigenvalue weighted by molar-refractivity contribution is 7.89. The molecule has 0 aromatic heterocycles. The van der Waals surface area contributed by atoms with E-state index in [1.165, 1.54) is 12.8 Å². The topological polar surface area (TPSA) is 46.2 Å². The van der Waals surface area contributed by atoms with Gasteiger partial charge < -0.3 is 0 Å². The number of hydrogen-bond donors (Lipinski definition) is 1. The zero-order chi connectivity index (χ0) is 14.4. The molecule has 0 atom stereocenters. The van der Waals surface area contributed by atoms with Crippen molar-refractivity contribution in [3.63, 3.8) is 0 Å². The van der Waals surface area contributed by atoms with E-state index in [4.69, 9.17) is 0 Å². The Bertz CT molecular complexity index is 466. The molecule has 108 valence electrons. The van der Waals surface area contributed by atoms with Crippen molar-refractivity contribution in [2.24, 2.45) is 5.41 Å². The van der Waals surface area contributed by atoms with Gasteiger partial charge >= 0.3 is 0 Å². The summed E-state index contributed by atoms with van der Waals surface area (Å²) < 4.78 is 26.9. The summed E-state index contributed by atoms with van der Waals surface area (Å²) in [7, 11) is -3.37. The van der Waals surface area contributed by atoms with Crippen molar-refractivity contribution >= 4 is 10.0 Å². The normalized spacial score (nSPS) is 12.6. The Hall–Kier alpha value is -0.870. The standard InChI is InChI=1S/C15H25NO2S/c1-4-5-9-12-15(2,3)13-16-19(17,18)14-10-7-6-8-11-14/h6-8,10-11,16H,4-5,9,12-13H2,1-3H3. The van der Waals surface area contributed by atoms with Crippen LogP contribution in [0.4, 0.5) is 0 Å². The van der Waals surface area contributed by atoms with Crippen LogP contribution in [0.25, 0.3) is 0 Å². The molecule has 1 aromatic carbocycles. The Kier molecular flexibility index (Phi) is 6.01. The molecule has 19 heavy (non-hydrogen) atoms. The minimum absolute atomic E-state index is 0.00296. The lowest BCUT2D eigenvalue weighted by Crippen LogP contribution is -2.34. The highest BCUT2D eigenvalue weighted by atomic mass is 32.2. The van der Waals surface area contributed by atoms with Gasteiger partial charge in [-0.15, -0.1) is 0 Å². The predicted octanol–water partition coefficient (Wildman–Crippen LogP) is 3.57. The first-order valence-corrected chi connectivity index (χ1v) is 8.40. The molecular weight excluding hydrogens is 258 g/mol. The van der Waals surface area contributed by atoms with Crippen molar-refractivity contribution < 1.29 is 8.42 Å². The Balaban J connectivity index is 2.56. The molecule has 0 aliphatic rings. The molecule has 0 radical (unpaired) electrons. The first-order chi connectivity index (χ1) is 8.87. The summed E-state index contributed by atoms with van der Waals surface area (Å²) in [6.45, 7) is 6.87. The summed E-state index contributed by atoms with van der Waals surface area (Å²) in [6, 6.07) is 8.52. The van der Waals surface area contributed by atoms with Crippen LogP contribution in [-0.4, -0.2) is 15.0 Å². The van der Waals surface area contributed by atoms with Crippen molar-refractivity contribution in [1.29, 1.82) is 0 Å². The highest BCUT2D eigenvalue weighted by Gasteiger charge is 2.21. The maximum Gasteiger partial charge on any atom is 0.240 e. The number of rotatable bonds is 8. The van der Waals surface area contributed by atoms with Crippen molar-refractivity contribution in [2.45, 2.75) is 51.3 Å². The van der Waals surface area contributed by atoms with Gasteiger partial charge in [0.15, 0.2) is 0 Å². The molecule has 1 rings (SSSR count). The van der Waals surface area contributed by atoms with E-state index in [-0.39, 0.29) is 5.41 Å². The van der Waals surface area contributed by atoms with E-state index in [1.54, 1.807) is 24.3 Å². The van der Waals surface area contributed by atoms with Gasteiger partial charge in [0.05, 0.1) is 4.90 Å². The van der Waals surface area contributed by atoms with Gasteiger partial charge in [0.25, 0.3) is 0 Å². The number of benzene rings is 1. The minimum Gasteiger partial charge on any atom is -0.211 e. The minimum atomic E-state index is -3.37. The summed E-state index contributed by atoms with van der Waals surface area (Å²) in [5.74, 6) is 0. The lowest BCUT2D eigenvalue weighted by Gasteiger charge is -2.24. The van der Waals surface area contributed by atoms with Crippen LogP contribution in [0.5, 0.6) is 0 Å². The first-order valence-electron chi connectivity index (χ1n) is 6.92. The Labute approximate surface area is 117 Å². The molecule has 0 amide bonds. The van der Waals surface area contributed by atoms with Gasteiger partial charge in [0.1, 0.15) is 0 Å². The molecule has 4 heteroatoms. The molecule has 1 aromatic rings. The third kappa shape index (κ3) is 5.74. The van der Waals surface area contributed by atoms with Gasteiger partial charge in [-0.25, -0.2) is 13.1 Å². The van der Waals surface area contributed by atoms with E-state index in [9.17, 15) is 8.42 Å². The number of sulfonamides is 1. The Morgan fingerprint density at radius 2 is 1.74 bits per heavy atom. The number of nitrogens with one attached hydrogen (secondary N) is 1. The zero-order valence-electron chi connectivity index (χ0n) is 12.1. The van der Waals surface area contributed by atoms with E-state index < -0.39 is 10.0 Å². The van der Waals surface area contributed by atoms with Crippen LogP contribution in [0.1, 0.15) is 46.5 Å². The summed E-state index contributed by atoms with van der Waals surface area (Å²) in [6.07, 6.45) is 4.58. The fourth-order valence-corrected chi connectivity index (χ4v) is 3.18. The highest BCUT2D eigenvalue weighted by Crippen LogP contribution is 2.23. The Morgan fingerprint density at radius 1 is 1.11 bits per heavy atom. The largest absolute Gasteiger partial charge is 0.240 e. The lowest BCUT2D eigenvalue weighted by molar-refractivity contribution is 0.320. The second kappa shape index (κ2) is 7.06. The van der Waals surface area contributed by atoms with Gasteiger partial charge in [0, 0.05) is 6.54 Å². The molecule has 0 unspecified atom stereocenters. The maximum absolute atomic E-state index is 12.1. The molecule has 0 saturated carbocycles. The van der Waals surface area contributed by atoms with Gasteiger partial charge in [-0.1, -0.05) is 58.2 Å². The molecule has 3 nitrogen and oxygen atoms in total. The van der Waals surface area contributed by atoms with E-state index >= 15 is 0 Å². The third-order valence-corrected chi connectivity index (χ3v) is 4.67. The number of unbranched alkanes of at least 4 members (excludes halogenated alkanes) is 2. The van der Waals surface area contributed by atoms with Crippen LogP contribution < -0.4 is 4.72 Å². The maximum atomic E-state index is 12.1. The molecular formula is C15H25NO2S. The van der Waals surface area contributed by atoms with Crippen molar-refractivity contribution in [3.8, 4) is 0 Å². The van der Waals surface area contributed by atoms with Crippen LogP contribution in [-0.2, 0) is 10.0 Å². The molecule has 0 heterocycles. The first kappa shape index (κ1) is 16.2. The van der Waals surface area contributed by atoms with Gasteiger partial charge in [-0.05, 0) is 24.0 Å². The van der Waals surface area contributed by atoms with Crippen molar-refractivity contribution in [3.05, 3.63) is 30.3 Å². The van der Waals surface area contributed by atoms with Gasteiger partial charge in [0.2, 0.25) is 10.0 Å². The van der Waals surface area contributed by atoms with Crippen molar-refractivity contribution in [2.75, 3.05) is 6.54 Å². The average Bonchev–Trinajstić information content (AvgIpc) is 2.38. The van der Waals surface area contributed by atoms with Crippen LogP contribution in [0.2, 0.25) is 0 Å². The van der Waals surface area contributed by atoms with E-state index in [0.717, 1.165) is 12.8 Å². The third-order valence-electron chi connectivity index (χ3n) is 3.25. The van der Waals surface area contributed by atoms with Crippen LogP contribution in [0.3, 0.4) is 0 Å². The molecule has 0 fully saturated rings. The molecule has 0 saturated heterocycles. The molecule has 0 spiro atoms. The fourth-order valence-electron chi connectivity index (χ4n) is 1.92. The van der Waals surface area contributed by atoms with E-state index in [2.05, 4.69) is 25.5 Å². The summed E-state index contributed by atoms with van der Waals surface area (Å²) in [5, 5.41) is 0. The summed E-state index contributed by atoms with van der Waals surface area (Å²) in [5.41, 5.74) is -0.00296. The van der Waals surface area contributed by atoms with Gasteiger partial charge in [-0.3, -0.25) is 0 Å². The summed E-state index contributed by atoms with van der Waals surface area (Å²) in [4.78, 5) is 0.333. The quantitative estimate of drug-likeness (QED) is 0.741. The van der Waals surface area contributed by atoms with Crippen molar-refractivity contribution in [1.82, 2.24) is 4.72 Å². The molecule has 0 aliphatic heterocycles. The van der Waals surface area contributed by atoms with Crippen LogP contribution in [0, 0.1) is 5.41 Å². The fraction of sp³-hybridized carbons (Fsp3) is 0.600. The monoisotopic (exact) mass is 283 g/mol. The smallest absolute Gasteiger partial charge is 0.211 e. The van der Waals surface area contributed by atoms with Gasteiger partial charge in [-0.2, -0.15) is 0 Å². The molecule has 0 aliphatic carbocycles. The predicted molar refractivity (Wildman–Crippen MR) is 79.6 cm³/mol. The number of hydrogen-bond acceptors (Lipinski definition) is 2. The average molecular weight is 283 g/mol. The SMILES string of the molecule is CCCCCC(C)(C)CNS(=O)(=O)c1ccccc1. The summed E-state index contributed by atoms with van der Waals surface area (Å²) >= 11 is 0. The Morgan fingerprint density at radius 3 is 2.32 bits per heavy atom. The van der Waals surface area contributed by atoms with Crippen LogP contribution >= 0.6 is 0 Å². The molecule has 0 bridgehead atoms. The van der Waals surface area contributed by atoms with Crippen LogP contribution in [0.15, 0.2) is 35.2 Å². The lowest BCUT2D eigenvalue weighted by atomic mass is 9.87. The second-order valence-corrected chi connectivity index (χ2v) is 7.53. The molecule has 1 N–H and O–H groups in total. The van der Waals surface area contributed by atoms with E-state index in [1.807, 2.05) is 6.07 Å². The second-order valence-electron chi connectivity index (χ2n) is 5.76. The zero-order valence-corrected chi connectivity index (χ0v) is 13.0. The van der Waals surface area contributed by atoms with E-state index in [0.29, 0.717) is 11.4 Å².